The van der Waals surface area contributed by atoms with Crippen LogP contribution >= 0.6 is 0 Å². The number of allylic oxidation sites excluding steroid dienone is 4. The smallest absolute Gasteiger partial charge is 0.190 e. The van der Waals surface area contributed by atoms with Crippen LogP contribution in [0.3, 0.4) is 0 Å². The molecular formula is C21H27FO4. The van der Waals surface area contributed by atoms with Gasteiger partial charge in [0.25, 0.3) is 0 Å². The molecular weight excluding hydrogens is 335 g/mol. The van der Waals surface area contributed by atoms with Crippen LogP contribution in [0.2, 0.25) is 0 Å². The van der Waals surface area contributed by atoms with Gasteiger partial charge in [-0.15, -0.1) is 0 Å². The van der Waals surface area contributed by atoms with Crippen molar-refractivity contribution in [2.75, 3.05) is 6.61 Å². The van der Waals surface area contributed by atoms with Gasteiger partial charge < -0.3 is 10.2 Å². The third kappa shape index (κ3) is 1.91. The molecule has 2 N–H and O–H groups in total. The summed E-state index contributed by atoms with van der Waals surface area (Å²) in [5, 5.41) is 20.5. The molecule has 0 aromatic rings. The second-order valence-corrected chi connectivity index (χ2v) is 9.12. The fraction of sp³-hybridized carbons (Fsp3) is 0.714. The van der Waals surface area contributed by atoms with E-state index in [-0.39, 0.29) is 30.5 Å². The highest BCUT2D eigenvalue weighted by atomic mass is 19.1. The Morgan fingerprint density at radius 1 is 1.23 bits per heavy atom. The number of Topliss-reactive ketones (excluding diaryl/α,β-unsaturated/α-hetero) is 1. The van der Waals surface area contributed by atoms with Crippen molar-refractivity contribution in [2.45, 2.75) is 63.6 Å². The van der Waals surface area contributed by atoms with Crippen molar-refractivity contribution in [2.24, 2.45) is 22.7 Å². The van der Waals surface area contributed by atoms with E-state index in [4.69, 9.17) is 0 Å². The lowest BCUT2D eigenvalue weighted by atomic mass is 9.45. The fourth-order valence-corrected chi connectivity index (χ4v) is 6.70. The number of ketones is 2. The van der Waals surface area contributed by atoms with Gasteiger partial charge in [0.2, 0.25) is 0 Å². The molecule has 0 radical (unpaired) electrons. The third-order valence-electron chi connectivity index (χ3n) is 8.42. The molecule has 4 aliphatic carbocycles. The molecule has 0 bridgehead atoms. The Morgan fingerprint density at radius 3 is 2.65 bits per heavy atom. The van der Waals surface area contributed by atoms with Gasteiger partial charge in [0.15, 0.2) is 11.6 Å². The first-order valence-electron chi connectivity index (χ1n) is 9.62. The topological polar surface area (TPSA) is 74.6 Å². The van der Waals surface area contributed by atoms with Crippen molar-refractivity contribution in [3.05, 3.63) is 23.8 Å². The maximum Gasteiger partial charge on any atom is 0.190 e. The Morgan fingerprint density at radius 2 is 1.96 bits per heavy atom. The number of aliphatic hydroxyl groups excluding tert-OH is 1. The van der Waals surface area contributed by atoms with E-state index in [0.717, 1.165) is 5.57 Å². The first-order chi connectivity index (χ1) is 12.1. The van der Waals surface area contributed by atoms with Gasteiger partial charge in [-0.2, -0.15) is 0 Å². The summed E-state index contributed by atoms with van der Waals surface area (Å²) in [5.41, 5.74) is -3.69. The highest BCUT2D eigenvalue weighted by Gasteiger charge is 2.70. The SMILES string of the molecule is C[C@]12C=CC(=O)C=C1CC[C@H]1[C@@H]3CC[C@](O)(C(=O)CO)[C@@]3(C)CC[C@@]12F. The van der Waals surface area contributed by atoms with Gasteiger partial charge in [-0.3, -0.25) is 9.59 Å². The molecule has 0 unspecified atom stereocenters. The Balaban J connectivity index is 1.75. The van der Waals surface area contributed by atoms with E-state index >= 15 is 4.39 Å². The zero-order valence-corrected chi connectivity index (χ0v) is 15.4. The fourth-order valence-electron chi connectivity index (χ4n) is 6.70. The molecule has 0 amide bonds. The van der Waals surface area contributed by atoms with Crippen molar-refractivity contribution in [3.8, 4) is 0 Å². The van der Waals surface area contributed by atoms with E-state index in [0.29, 0.717) is 25.7 Å². The van der Waals surface area contributed by atoms with Crippen LogP contribution in [-0.2, 0) is 9.59 Å². The van der Waals surface area contributed by atoms with Crippen LogP contribution < -0.4 is 0 Å². The molecule has 4 aliphatic rings. The second kappa shape index (κ2) is 5.35. The molecule has 0 aromatic heterocycles. The van der Waals surface area contributed by atoms with Crippen LogP contribution in [0.15, 0.2) is 23.8 Å². The average Bonchev–Trinajstić information content (AvgIpc) is 2.88. The number of halogens is 1. The molecule has 0 heterocycles. The van der Waals surface area contributed by atoms with E-state index in [1.54, 1.807) is 12.2 Å². The Labute approximate surface area is 153 Å². The van der Waals surface area contributed by atoms with E-state index < -0.39 is 34.5 Å². The van der Waals surface area contributed by atoms with Gasteiger partial charge in [0, 0.05) is 10.8 Å². The molecule has 0 aliphatic heterocycles. The minimum atomic E-state index is -1.57. The van der Waals surface area contributed by atoms with Crippen molar-refractivity contribution >= 4 is 11.6 Å². The highest BCUT2D eigenvalue weighted by Crippen LogP contribution is 2.69. The summed E-state index contributed by atoms with van der Waals surface area (Å²) in [5.74, 6) is -0.989. The standard InChI is InChI=1S/C21H27FO4/c1-18-7-5-14(24)11-13(18)3-4-16-15-6-8-21(26,17(25)12-23)19(15,2)9-10-20(16,18)22/h5,7,11,15-16,23,26H,3-4,6,8-10,12H2,1-2H3/t15-,16-,18-,19-,20+,21-/m0/s1. The number of hydrogen-bond acceptors (Lipinski definition) is 4. The Hall–Kier alpha value is -1.33. The van der Waals surface area contributed by atoms with Crippen LogP contribution in [0, 0.1) is 22.7 Å². The van der Waals surface area contributed by atoms with E-state index in [1.807, 2.05) is 13.8 Å². The Kier molecular flexibility index (Phi) is 3.72. The highest BCUT2D eigenvalue weighted by molar-refractivity contribution is 6.01. The number of fused-ring (bicyclic) bond motifs is 5. The minimum absolute atomic E-state index is 0.0797. The van der Waals surface area contributed by atoms with Crippen LogP contribution in [0.25, 0.3) is 0 Å². The Bertz CT molecular complexity index is 742. The molecule has 0 aromatic carbocycles. The number of alkyl halides is 1. The molecule has 142 valence electrons. The zero-order valence-electron chi connectivity index (χ0n) is 15.4. The molecule has 5 heteroatoms. The maximum atomic E-state index is 16.6. The number of hydrogen-bond donors (Lipinski definition) is 2. The molecule has 0 saturated heterocycles. The minimum Gasteiger partial charge on any atom is -0.388 e. The summed E-state index contributed by atoms with van der Waals surface area (Å²) in [6, 6.07) is 0. The number of rotatable bonds is 2. The number of carbonyl (C=O) groups excluding carboxylic acids is 2. The molecule has 3 fully saturated rings. The lowest BCUT2D eigenvalue weighted by molar-refractivity contribution is -0.178. The van der Waals surface area contributed by atoms with Crippen molar-refractivity contribution in [1.29, 1.82) is 0 Å². The average molecular weight is 362 g/mol. The third-order valence-corrected chi connectivity index (χ3v) is 8.42. The first kappa shape index (κ1) is 18.1. The van der Waals surface area contributed by atoms with Gasteiger partial charge >= 0.3 is 0 Å². The second-order valence-electron chi connectivity index (χ2n) is 9.12. The monoisotopic (exact) mass is 362 g/mol. The van der Waals surface area contributed by atoms with Crippen LogP contribution in [-0.4, -0.2) is 39.7 Å². The van der Waals surface area contributed by atoms with Gasteiger partial charge in [0.1, 0.15) is 17.9 Å². The van der Waals surface area contributed by atoms with Crippen LogP contribution in [0.1, 0.15) is 52.4 Å². The van der Waals surface area contributed by atoms with E-state index in [2.05, 4.69) is 0 Å². The quantitative estimate of drug-likeness (QED) is 0.792. The summed E-state index contributed by atoms with van der Waals surface area (Å²) in [6.45, 7) is 3.10. The lowest BCUT2D eigenvalue weighted by Crippen LogP contribution is -2.63. The molecule has 26 heavy (non-hydrogen) atoms. The summed E-state index contributed by atoms with van der Waals surface area (Å²) in [4.78, 5) is 24.1. The van der Waals surface area contributed by atoms with Crippen LogP contribution in [0.4, 0.5) is 4.39 Å². The molecule has 4 nitrogen and oxygen atoms in total. The number of carbonyl (C=O) groups is 2. The molecule has 0 spiro atoms. The van der Waals surface area contributed by atoms with E-state index in [1.165, 1.54) is 6.08 Å². The maximum absolute atomic E-state index is 16.6. The summed E-state index contributed by atoms with van der Waals surface area (Å²) in [7, 11) is 0. The zero-order chi connectivity index (χ0) is 19.0. The van der Waals surface area contributed by atoms with Crippen LogP contribution in [0.5, 0.6) is 0 Å². The van der Waals surface area contributed by atoms with Gasteiger partial charge in [-0.25, -0.2) is 4.39 Å². The molecule has 3 saturated carbocycles. The predicted octanol–water partition coefficient (Wildman–Crippen LogP) is 2.68. The normalized spacial score (nSPS) is 49.9. The van der Waals surface area contributed by atoms with Crippen molar-refractivity contribution < 1.29 is 24.2 Å². The lowest BCUT2D eigenvalue weighted by Gasteiger charge is -2.60. The summed E-state index contributed by atoms with van der Waals surface area (Å²) >= 11 is 0. The predicted molar refractivity (Wildman–Crippen MR) is 94.0 cm³/mol. The largest absolute Gasteiger partial charge is 0.388 e. The summed E-state index contributed by atoms with van der Waals surface area (Å²) in [6.07, 6.45) is 7.62. The van der Waals surface area contributed by atoms with Gasteiger partial charge in [-0.05, 0) is 69.4 Å². The number of aliphatic hydroxyl groups is 2. The van der Waals surface area contributed by atoms with Crippen molar-refractivity contribution in [3.63, 3.8) is 0 Å². The molecule has 6 atom stereocenters. The van der Waals surface area contributed by atoms with Gasteiger partial charge in [0.05, 0.1) is 0 Å². The van der Waals surface area contributed by atoms with E-state index in [9.17, 15) is 19.8 Å². The molecule has 4 rings (SSSR count). The summed E-state index contributed by atoms with van der Waals surface area (Å²) < 4.78 is 16.6. The van der Waals surface area contributed by atoms with Gasteiger partial charge in [-0.1, -0.05) is 18.6 Å². The first-order valence-corrected chi connectivity index (χ1v) is 9.62. The van der Waals surface area contributed by atoms with Crippen molar-refractivity contribution in [1.82, 2.24) is 0 Å².